The van der Waals surface area contributed by atoms with Crippen LogP contribution in [0.5, 0.6) is 0 Å². The molecule has 1 N–H and O–H groups in total. The van der Waals surface area contributed by atoms with Gasteiger partial charge in [-0.05, 0) is 12.8 Å². The summed E-state index contributed by atoms with van der Waals surface area (Å²) in [6.45, 7) is 4.08. The fourth-order valence-electron chi connectivity index (χ4n) is 2.84. The number of phosphoric ester groups is 1. The zero-order chi connectivity index (χ0) is 24.5. The molecule has 1 atom stereocenters. The molecule has 0 aromatic carbocycles. The average molecular weight is 525 g/mol. The summed E-state index contributed by atoms with van der Waals surface area (Å²) in [5.41, 5.74) is 0. The molecule has 0 radical (unpaired) electrons. The molecule has 0 saturated heterocycles. The van der Waals surface area contributed by atoms with Crippen molar-refractivity contribution in [3.05, 3.63) is 0 Å². The van der Waals surface area contributed by atoms with Crippen LogP contribution in [0.3, 0.4) is 0 Å². The van der Waals surface area contributed by atoms with E-state index in [-0.39, 0.29) is 42.8 Å². The van der Waals surface area contributed by atoms with E-state index in [0.717, 1.165) is 64.2 Å². The van der Waals surface area contributed by atoms with Crippen LogP contribution in [0.2, 0.25) is 0 Å². The molecule has 13 heteroatoms. The van der Waals surface area contributed by atoms with Crippen LogP contribution in [-0.4, -0.2) is 43.4 Å². The Labute approximate surface area is 220 Å². The number of hydrogen-bond donors (Lipinski definition) is 1. The van der Waals surface area contributed by atoms with E-state index in [1.54, 1.807) is 0 Å². The molecule has 1 unspecified atom stereocenters. The molecule has 0 amide bonds. The van der Waals surface area contributed by atoms with E-state index in [1.165, 1.54) is 0 Å². The second kappa shape index (κ2) is 20.2. The molecule has 0 aliphatic heterocycles. The Bertz CT molecular complexity index is 664. The Balaban J connectivity index is 0. The third-order valence-corrected chi connectivity index (χ3v) is 7.15. The topological polar surface area (TPSA) is 156 Å². The van der Waals surface area contributed by atoms with Gasteiger partial charge in [-0.15, -0.1) is 0 Å². The van der Waals surface area contributed by atoms with Crippen molar-refractivity contribution in [3.63, 3.8) is 0 Å². The van der Waals surface area contributed by atoms with Crippen LogP contribution < -0.4 is 34.7 Å². The van der Waals surface area contributed by atoms with Gasteiger partial charge in [0.25, 0.3) is 10.1 Å². The van der Waals surface area contributed by atoms with Crippen molar-refractivity contribution in [2.45, 2.75) is 103 Å². The monoisotopic (exact) mass is 524 g/mol. The molecule has 0 spiro atoms. The fourth-order valence-corrected chi connectivity index (χ4v) is 4.78. The third-order valence-electron chi connectivity index (χ3n) is 4.67. The van der Waals surface area contributed by atoms with Crippen molar-refractivity contribution in [1.82, 2.24) is 0 Å². The summed E-state index contributed by atoms with van der Waals surface area (Å²) in [5.74, 6) is -3.63. The van der Waals surface area contributed by atoms with E-state index < -0.39 is 41.6 Å². The summed E-state index contributed by atoms with van der Waals surface area (Å²) in [7, 11) is -9.64. The molecule has 0 aromatic rings. The molecule has 0 aliphatic rings. The van der Waals surface area contributed by atoms with Crippen molar-refractivity contribution in [3.8, 4) is 0 Å². The Morgan fingerprint density at radius 1 is 0.848 bits per heavy atom. The molecule has 33 heavy (non-hydrogen) atoms. The molecule has 190 valence electrons. The molecular formula is C20H38NaO10PS. The van der Waals surface area contributed by atoms with Crippen LogP contribution in [0, 0.1) is 0 Å². The van der Waals surface area contributed by atoms with Gasteiger partial charge in [0, 0.05) is 12.4 Å². The van der Waals surface area contributed by atoms with Gasteiger partial charge in [0.2, 0.25) is 0 Å². The SMILES string of the molecule is CCCCCCCCOP(=O)(OCCCCCCCC)OC(=O)C(CC(=O)[O-])S(=O)(=O)O.[Na+]. The predicted octanol–water partition coefficient (Wildman–Crippen LogP) is 0.792. The normalized spacial score (nSPS) is 12.7. The summed E-state index contributed by atoms with van der Waals surface area (Å²) >= 11 is 0. The van der Waals surface area contributed by atoms with Crippen LogP contribution in [0.4, 0.5) is 0 Å². The first-order valence-electron chi connectivity index (χ1n) is 11.3. The van der Waals surface area contributed by atoms with Crippen LogP contribution in [0.1, 0.15) is 97.3 Å². The minimum absolute atomic E-state index is 0. The van der Waals surface area contributed by atoms with E-state index in [4.69, 9.17) is 13.6 Å². The first kappa shape index (κ1) is 35.2. The average Bonchev–Trinajstić information content (AvgIpc) is 2.69. The van der Waals surface area contributed by atoms with Gasteiger partial charge in [0.05, 0.1) is 13.2 Å². The number of carbonyl (C=O) groups is 2. The molecule has 10 nitrogen and oxygen atoms in total. The minimum Gasteiger partial charge on any atom is -0.550 e. The third kappa shape index (κ3) is 18.9. The zero-order valence-electron chi connectivity index (χ0n) is 20.2. The van der Waals surface area contributed by atoms with Crippen LogP contribution >= 0.6 is 7.82 Å². The van der Waals surface area contributed by atoms with Gasteiger partial charge in [0.15, 0.2) is 5.25 Å². The number of carboxylic acids is 1. The number of aliphatic carboxylic acids is 1. The summed E-state index contributed by atoms with van der Waals surface area (Å²) in [6, 6.07) is 0. The van der Waals surface area contributed by atoms with Crippen molar-refractivity contribution in [1.29, 1.82) is 0 Å². The fraction of sp³-hybridized carbons (Fsp3) is 0.900. The van der Waals surface area contributed by atoms with Crippen molar-refractivity contribution >= 4 is 29.9 Å². The molecule has 0 saturated carbocycles. The number of rotatable bonds is 21. The van der Waals surface area contributed by atoms with Crippen molar-refractivity contribution < 1.29 is 75.4 Å². The summed E-state index contributed by atoms with van der Waals surface area (Å²) in [5, 5.41) is 8.25. The first-order valence-corrected chi connectivity index (χ1v) is 14.3. The van der Waals surface area contributed by atoms with Gasteiger partial charge in [-0.1, -0.05) is 78.1 Å². The van der Waals surface area contributed by atoms with E-state index in [1.807, 2.05) is 0 Å². The molecule has 0 heterocycles. The first-order chi connectivity index (χ1) is 15.1. The minimum atomic E-state index is -5.14. The van der Waals surface area contributed by atoms with Crippen LogP contribution in [0.25, 0.3) is 0 Å². The molecule has 0 aromatic heterocycles. The van der Waals surface area contributed by atoms with Crippen molar-refractivity contribution in [2.75, 3.05) is 13.2 Å². The summed E-state index contributed by atoms with van der Waals surface area (Å²) < 4.78 is 59.7. The smallest absolute Gasteiger partial charge is 0.550 e. The summed E-state index contributed by atoms with van der Waals surface area (Å²) in [6.07, 6.45) is 9.68. The molecule has 0 aliphatic carbocycles. The van der Waals surface area contributed by atoms with Gasteiger partial charge in [-0.25, -0.2) is 4.57 Å². The second-order valence-electron chi connectivity index (χ2n) is 7.64. The largest absolute Gasteiger partial charge is 1.00 e. The number of hydrogen-bond acceptors (Lipinski definition) is 9. The predicted molar refractivity (Wildman–Crippen MR) is 117 cm³/mol. The molecule has 0 fully saturated rings. The van der Waals surface area contributed by atoms with E-state index in [9.17, 15) is 27.7 Å². The van der Waals surface area contributed by atoms with E-state index >= 15 is 0 Å². The Kier molecular flexibility index (Phi) is 21.5. The molecule has 0 rings (SSSR count). The standard InChI is InChI=1S/C20H39O10PS.Na/c1-3-5-7-9-11-13-15-28-31(24,29-16-14-12-10-8-6-4-2)30-20(23)18(17-19(21)22)32(25,26)27;/h18H,3-17H2,1-2H3,(H,21,22)(H,25,26,27);/q;+1/p-1. The Hall–Kier alpha value is 0. The van der Waals surface area contributed by atoms with Crippen LogP contribution in [-0.2, 0) is 37.8 Å². The van der Waals surface area contributed by atoms with Gasteiger partial charge >= 0.3 is 43.3 Å². The number of carboxylic acid groups (broad SMARTS) is 1. The Morgan fingerprint density at radius 3 is 1.61 bits per heavy atom. The molecule has 0 bridgehead atoms. The van der Waals surface area contributed by atoms with Gasteiger partial charge in [0.1, 0.15) is 0 Å². The quantitative estimate of drug-likeness (QED) is 0.0985. The van der Waals surface area contributed by atoms with Gasteiger partial charge in [-0.2, -0.15) is 8.42 Å². The maximum absolute atomic E-state index is 12.9. The number of unbranched alkanes of at least 4 members (excludes halogenated alkanes) is 10. The van der Waals surface area contributed by atoms with E-state index in [2.05, 4.69) is 18.4 Å². The Morgan fingerprint density at radius 2 is 1.24 bits per heavy atom. The summed E-state index contributed by atoms with van der Waals surface area (Å²) in [4.78, 5) is 22.9. The second-order valence-corrected chi connectivity index (χ2v) is 10.8. The maximum Gasteiger partial charge on any atom is 1.00 e. The zero-order valence-corrected chi connectivity index (χ0v) is 23.9. The van der Waals surface area contributed by atoms with Crippen LogP contribution in [0.15, 0.2) is 0 Å². The number of carbonyl (C=O) groups excluding carboxylic acids is 2. The van der Waals surface area contributed by atoms with Gasteiger partial charge < -0.3 is 14.4 Å². The van der Waals surface area contributed by atoms with Crippen molar-refractivity contribution in [2.24, 2.45) is 0 Å². The number of phosphoric acid groups is 1. The maximum atomic E-state index is 12.9. The molecular weight excluding hydrogens is 486 g/mol. The van der Waals surface area contributed by atoms with Gasteiger partial charge in [-0.3, -0.25) is 18.4 Å². The van der Waals surface area contributed by atoms with E-state index in [0.29, 0.717) is 12.8 Å².